The van der Waals surface area contributed by atoms with Gasteiger partial charge in [-0.15, -0.1) is 22.6 Å². The third-order valence-corrected chi connectivity index (χ3v) is 2.71. The minimum atomic E-state index is 0. The van der Waals surface area contributed by atoms with E-state index < -0.39 is 0 Å². The molecule has 0 bridgehead atoms. The predicted molar refractivity (Wildman–Crippen MR) is 60.2 cm³/mol. The molecule has 3 heterocycles. The van der Waals surface area contributed by atoms with Crippen molar-refractivity contribution in [2.75, 3.05) is 6.54 Å². The lowest BCUT2D eigenvalue weighted by Crippen LogP contribution is -2.15. The summed E-state index contributed by atoms with van der Waals surface area (Å²) < 4.78 is 2.06. The van der Waals surface area contributed by atoms with E-state index in [0.29, 0.717) is 6.04 Å². The average molecular weight is 225 g/mol. The minimum absolute atomic E-state index is 0. The van der Waals surface area contributed by atoms with Crippen molar-refractivity contribution in [1.82, 2.24) is 19.9 Å². The van der Waals surface area contributed by atoms with Crippen LogP contribution in [-0.4, -0.2) is 21.1 Å². The number of hydrogen-bond acceptors (Lipinski definition) is 3. The maximum atomic E-state index is 4.23. The molecule has 0 aliphatic carbocycles. The van der Waals surface area contributed by atoms with Crippen LogP contribution in [0.4, 0.5) is 0 Å². The molecular weight excluding hydrogens is 212 g/mol. The molecule has 5 heteroatoms. The topological polar surface area (TPSA) is 42.2 Å². The fraction of sp³-hybridized carbons (Fsp3) is 0.400. The summed E-state index contributed by atoms with van der Waals surface area (Å²) in [6.07, 6.45) is 4.41. The standard InChI is InChI=1S/C10H12N4.ClH/c1-2-7-14-9(5-1)12-13-10(14)8-4-3-6-11-8;/h1-2,5,7-8,11H,3-4,6H2;1H. The minimum Gasteiger partial charge on any atom is -0.307 e. The lowest BCUT2D eigenvalue weighted by atomic mass is 10.2. The number of pyridine rings is 1. The van der Waals surface area contributed by atoms with Gasteiger partial charge in [-0.25, -0.2) is 0 Å². The van der Waals surface area contributed by atoms with Crippen LogP contribution in [0, 0.1) is 0 Å². The fourth-order valence-electron chi connectivity index (χ4n) is 2.00. The van der Waals surface area contributed by atoms with E-state index in [-0.39, 0.29) is 12.4 Å². The zero-order valence-corrected chi connectivity index (χ0v) is 9.07. The normalized spacial score (nSPS) is 20.4. The van der Waals surface area contributed by atoms with Gasteiger partial charge in [-0.05, 0) is 31.5 Å². The summed E-state index contributed by atoms with van der Waals surface area (Å²) >= 11 is 0. The fourth-order valence-corrected chi connectivity index (χ4v) is 2.00. The van der Waals surface area contributed by atoms with E-state index in [9.17, 15) is 0 Å². The molecule has 1 atom stereocenters. The highest BCUT2D eigenvalue weighted by Gasteiger charge is 2.20. The average Bonchev–Trinajstić information content (AvgIpc) is 2.85. The molecular formula is C10H13ClN4. The van der Waals surface area contributed by atoms with Crippen LogP contribution in [0.5, 0.6) is 0 Å². The molecule has 1 aliphatic rings. The first kappa shape index (κ1) is 10.4. The van der Waals surface area contributed by atoms with Crippen molar-refractivity contribution in [1.29, 1.82) is 0 Å². The van der Waals surface area contributed by atoms with Crippen LogP contribution in [0.3, 0.4) is 0 Å². The summed E-state index contributed by atoms with van der Waals surface area (Å²) in [4.78, 5) is 0. The Morgan fingerprint density at radius 1 is 1.33 bits per heavy atom. The summed E-state index contributed by atoms with van der Waals surface area (Å²) in [5, 5.41) is 11.8. The van der Waals surface area contributed by atoms with Crippen LogP contribution in [0.1, 0.15) is 24.7 Å². The molecule has 1 unspecified atom stereocenters. The molecule has 0 spiro atoms. The largest absolute Gasteiger partial charge is 0.307 e. The number of nitrogens with one attached hydrogen (secondary N) is 1. The van der Waals surface area contributed by atoms with Gasteiger partial charge < -0.3 is 5.32 Å². The van der Waals surface area contributed by atoms with Gasteiger partial charge in [0.2, 0.25) is 0 Å². The van der Waals surface area contributed by atoms with Gasteiger partial charge in [-0.3, -0.25) is 4.40 Å². The zero-order chi connectivity index (χ0) is 9.38. The predicted octanol–water partition coefficient (Wildman–Crippen LogP) is 1.58. The molecule has 1 aliphatic heterocycles. The number of hydrogen-bond donors (Lipinski definition) is 1. The molecule has 0 radical (unpaired) electrons. The number of halogens is 1. The van der Waals surface area contributed by atoms with Gasteiger partial charge >= 0.3 is 0 Å². The van der Waals surface area contributed by atoms with Crippen LogP contribution in [-0.2, 0) is 0 Å². The number of fused-ring (bicyclic) bond motifs is 1. The van der Waals surface area contributed by atoms with Crippen molar-refractivity contribution in [2.24, 2.45) is 0 Å². The van der Waals surface area contributed by atoms with Crippen LogP contribution in [0.25, 0.3) is 5.65 Å². The Hall–Kier alpha value is -1.13. The van der Waals surface area contributed by atoms with E-state index in [0.717, 1.165) is 24.4 Å². The maximum absolute atomic E-state index is 4.23. The monoisotopic (exact) mass is 224 g/mol. The zero-order valence-electron chi connectivity index (χ0n) is 8.26. The Morgan fingerprint density at radius 3 is 3.07 bits per heavy atom. The Morgan fingerprint density at radius 2 is 2.27 bits per heavy atom. The summed E-state index contributed by atoms with van der Waals surface area (Å²) in [6, 6.07) is 6.35. The first-order valence-electron chi connectivity index (χ1n) is 4.98. The highest BCUT2D eigenvalue weighted by atomic mass is 35.5. The van der Waals surface area contributed by atoms with E-state index in [1.807, 2.05) is 24.4 Å². The van der Waals surface area contributed by atoms with E-state index in [4.69, 9.17) is 0 Å². The molecule has 4 nitrogen and oxygen atoms in total. The molecule has 1 saturated heterocycles. The van der Waals surface area contributed by atoms with Gasteiger partial charge in [-0.2, -0.15) is 0 Å². The van der Waals surface area contributed by atoms with Gasteiger partial charge in [0.25, 0.3) is 0 Å². The van der Waals surface area contributed by atoms with Gasteiger partial charge in [0, 0.05) is 6.20 Å². The summed E-state index contributed by atoms with van der Waals surface area (Å²) in [7, 11) is 0. The molecule has 80 valence electrons. The quantitative estimate of drug-likeness (QED) is 0.800. The van der Waals surface area contributed by atoms with E-state index in [1.165, 1.54) is 6.42 Å². The van der Waals surface area contributed by atoms with Gasteiger partial charge in [0.1, 0.15) is 0 Å². The van der Waals surface area contributed by atoms with Crippen molar-refractivity contribution in [3.05, 3.63) is 30.2 Å². The van der Waals surface area contributed by atoms with Crippen molar-refractivity contribution in [3.63, 3.8) is 0 Å². The van der Waals surface area contributed by atoms with Gasteiger partial charge in [0.15, 0.2) is 11.5 Å². The van der Waals surface area contributed by atoms with E-state index >= 15 is 0 Å². The molecule has 2 aromatic heterocycles. The Bertz CT molecular complexity index is 447. The third kappa shape index (κ3) is 1.70. The molecule has 1 N–H and O–H groups in total. The highest BCUT2D eigenvalue weighted by molar-refractivity contribution is 5.85. The molecule has 3 rings (SSSR count). The van der Waals surface area contributed by atoms with Crippen molar-refractivity contribution >= 4 is 18.1 Å². The SMILES string of the molecule is Cl.c1ccn2c(C3CCCN3)nnc2c1. The third-order valence-electron chi connectivity index (χ3n) is 2.71. The Labute approximate surface area is 94.1 Å². The van der Waals surface area contributed by atoms with E-state index in [1.54, 1.807) is 0 Å². The summed E-state index contributed by atoms with van der Waals surface area (Å²) in [5.74, 6) is 1.04. The second kappa shape index (κ2) is 4.16. The number of nitrogens with zero attached hydrogens (tertiary/aromatic N) is 3. The molecule has 15 heavy (non-hydrogen) atoms. The van der Waals surface area contributed by atoms with Gasteiger partial charge in [0.05, 0.1) is 6.04 Å². The molecule has 0 aromatic carbocycles. The summed E-state index contributed by atoms with van der Waals surface area (Å²) in [6.45, 7) is 1.09. The van der Waals surface area contributed by atoms with Crippen LogP contribution < -0.4 is 5.32 Å². The number of rotatable bonds is 1. The lowest BCUT2D eigenvalue weighted by molar-refractivity contribution is 0.598. The molecule has 2 aromatic rings. The Kier molecular flexibility index (Phi) is 2.88. The first-order valence-corrected chi connectivity index (χ1v) is 4.98. The van der Waals surface area contributed by atoms with Gasteiger partial charge in [-0.1, -0.05) is 6.07 Å². The Balaban J connectivity index is 0.000000853. The second-order valence-electron chi connectivity index (χ2n) is 3.64. The van der Waals surface area contributed by atoms with Crippen LogP contribution >= 0.6 is 12.4 Å². The van der Waals surface area contributed by atoms with Crippen molar-refractivity contribution < 1.29 is 0 Å². The van der Waals surface area contributed by atoms with Crippen LogP contribution in [0.15, 0.2) is 24.4 Å². The van der Waals surface area contributed by atoms with Crippen LogP contribution in [0.2, 0.25) is 0 Å². The van der Waals surface area contributed by atoms with Crippen molar-refractivity contribution in [2.45, 2.75) is 18.9 Å². The molecule has 0 amide bonds. The maximum Gasteiger partial charge on any atom is 0.160 e. The highest BCUT2D eigenvalue weighted by Crippen LogP contribution is 2.21. The molecule has 0 saturated carbocycles. The molecule has 1 fully saturated rings. The smallest absolute Gasteiger partial charge is 0.160 e. The second-order valence-corrected chi connectivity index (χ2v) is 3.64. The summed E-state index contributed by atoms with van der Waals surface area (Å²) in [5.41, 5.74) is 0.927. The number of aromatic nitrogens is 3. The van der Waals surface area contributed by atoms with Crippen molar-refractivity contribution in [3.8, 4) is 0 Å². The van der Waals surface area contributed by atoms with E-state index in [2.05, 4.69) is 19.9 Å². The first-order chi connectivity index (χ1) is 6.95. The lowest BCUT2D eigenvalue weighted by Gasteiger charge is -2.06.